The molecule has 4 heteroatoms. The minimum absolute atomic E-state index is 0.463. The summed E-state index contributed by atoms with van der Waals surface area (Å²) < 4.78 is 5.28. The smallest absolute Gasteiger partial charge is 0.260 e. The van der Waals surface area contributed by atoms with E-state index in [-0.39, 0.29) is 0 Å². The number of para-hydroxylation sites is 1. The second kappa shape index (κ2) is 5.65. The summed E-state index contributed by atoms with van der Waals surface area (Å²) in [6, 6.07) is 8.59. The number of hydrogen-bond donors (Lipinski definition) is 1. The van der Waals surface area contributed by atoms with Gasteiger partial charge in [0.15, 0.2) is 5.82 Å². The lowest BCUT2D eigenvalue weighted by atomic mass is 9.81. The van der Waals surface area contributed by atoms with E-state index in [1.54, 1.807) is 0 Å². The number of nitrogens with zero attached hydrogens (tertiary/aromatic N) is 2. The van der Waals surface area contributed by atoms with Gasteiger partial charge in [0.25, 0.3) is 5.89 Å². The van der Waals surface area contributed by atoms with Gasteiger partial charge in [0.1, 0.15) is 0 Å². The third-order valence-corrected chi connectivity index (χ3v) is 4.00. The maximum atomic E-state index is 5.28. The van der Waals surface area contributed by atoms with Crippen molar-refractivity contribution in [1.82, 2.24) is 10.1 Å². The molecule has 0 aliphatic heterocycles. The Morgan fingerprint density at radius 3 is 2.80 bits per heavy atom. The van der Waals surface area contributed by atoms with Crippen LogP contribution in [0.25, 0.3) is 11.5 Å². The minimum atomic E-state index is 0.463. The molecular formula is C16H21N3O. The van der Waals surface area contributed by atoms with Crippen LogP contribution in [0.1, 0.15) is 38.4 Å². The van der Waals surface area contributed by atoms with Crippen molar-refractivity contribution in [2.24, 2.45) is 5.92 Å². The van der Waals surface area contributed by atoms with E-state index in [4.69, 9.17) is 4.52 Å². The van der Waals surface area contributed by atoms with Gasteiger partial charge in [0, 0.05) is 11.7 Å². The van der Waals surface area contributed by atoms with Crippen LogP contribution < -0.4 is 5.32 Å². The number of anilines is 1. The predicted octanol–water partition coefficient (Wildman–Crippen LogP) is 4.04. The van der Waals surface area contributed by atoms with Crippen LogP contribution in [0.5, 0.6) is 0 Å². The zero-order valence-corrected chi connectivity index (χ0v) is 12.1. The minimum Gasteiger partial charge on any atom is -0.382 e. The molecule has 1 heterocycles. The molecule has 0 amide bonds. The van der Waals surface area contributed by atoms with Crippen molar-refractivity contribution in [2.75, 3.05) is 5.32 Å². The standard InChI is InChI=1S/C16H21N3O/c1-11(10-13-6-5-7-13)17-15-9-4-3-8-14(15)16-18-12(2)19-20-16/h3-4,8-9,11,13,17H,5-7,10H2,1-2H3. The fraction of sp³-hybridized carbons (Fsp3) is 0.500. The van der Waals surface area contributed by atoms with E-state index in [1.807, 2.05) is 25.1 Å². The second-order valence-electron chi connectivity index (χ2n) is 5.77. The average Bonchev–Trinajstić information content (AvgIpc) is 2.81. The molecule has 1 fully saturated rings. The Hall–Kier alpha value is -1.84. The van der Waals surface area contributed by atoms with Crippen LogP contribution in [0.4, 0.5) is 5.69 Å². The van der Waals surface area contributed by atoms with Crippen molar-refractivity contribution >= 4 is 5.69 Å². The fourth-order valence-electron chi connectivity index (χ4n) is 2.75. The average molecular weight is 271 g/mol. The van der Waals surface area contributed by atoms with Crippen LogP contribution in [-0.4, -0.2) is 16.2 Å². The van der Waals surface area contributed by atoms with Crippen molar-refractivity contribution in [3.05, 3.63) is 30.1 Å². The summed E-state index contributed by atoms with van der Waals surface area (Å²) in [7, 11) is 0. The quantitative estimate of drug-likeness (QED) is 0.891. The van der Waals surface area contributed by atoms with Crippen LogP contribution in [0.2, 0.25) is 0 Å². The van der Waals surface area contributed by atoms with Gasteiger partial charge in [-0.15, -0.1) is 0 Å². The largest absolute Gasteiger partial charge is 0.382 e. The van der Waals surface area contributed by atoms with Gasteiger partial charge in [0.2, 0.25) is 0 Å². The number of rotatable bonds is 5. The van der Waals surface area contributed by atoms with Crippen molar-refractivity contribution in [1.29, 1.82) is 0 Å². The Morgan fingerprint density at radius 2 is 2.15 bits per heavy atom. The van der Waals surface area contributed by atoms with Gasteiger partial charge in [-0.1, -0.05) is 36.6 Å². The summed E-state index contributed by atoms with van der Waals surface area (Å²) in [6.45, 7) is 4.08. The number of hydrogen-bond acceptors (Lipinski definition) is 4. The zero-order valence-electron chi connectivity index (χ0n) is 12.1. The van der Waals surface area contributed by atoms with Crippen LogP contribution >= 0.6 is 0 Å². The summed E-state index contributed by atoms with van der Waals surface area (Å²) in [5.74, 6) is 2.15. The predicted molar refractivity (Wildman–Crippen MR) is 79.5 cm³/mol. The molecule has 1 aliphatic carbocycles. The Morgan fingerprint density at radius 1 is 1.35 bits per heavy atom. The second-order valence-corrected chi connectivity index (χ2v) is 5.77. The highest BCUT2D eigenvalue weighted by Gasteiger charge is 2.20. The first-order valence-electron chi connectivity index (χ1n) is 7.38. The Balaban J connectivity index is 1.75. The molecule has 1 unspecified atom stereocenters. The molecule has 1 atom stereocenters. The maximum Gasteiger partial charge on any atom is 0.260 e. The lowest BCUT2D eigenvalue weighted by Crippen LogP contribution is -2.23. The lowest BCUT2D eigenvalue weighted by molar-refractivity contribution is 0.286. The Labute approximate surface area is 119 Å². The van der Waals surface area contributed by atoms with Crippen LogP contribution in [-0.2, 0) is 0 Å². The molecular weight excluding hydrogens is 250 g/mol. The first kappa shape index (κ1) is 13.2. The molecule has 20 heavy (non-hydrogen) atoms. The van der Waals surface area contributed by atoms with Gasteiger partial charge in [0.05, 0.1) is 5.56 Å². The van der Waals surface area contributed by atoms with E-state index >= 15 is 0 Å². The fourth-order valence-corrected chi connectivity index (χ4v) is 2.75. The summed E-state index contributed by atoms with van der Waals surface area (Å²) in [5.41, 5.74) is 2.05. The maximum absolute atomic E-state index is 5.28. The van der Waals surface area contributed by atoms with E-state index in [0.29, 0.717) is 17.8 Å². The van der Waals surface area contributed by atoms with Crippen LogP contribution in [0.3, 0.4) is 0 Å². The SMILES string of the molecule is Cc1noc(-c2ccccc2NC(C)CC2CCC2)n1. The monoisotopic (exact) mass is 271 g/mol. The van der Waals surface area contributed by atoms with E-state index in [9.17, 15) is 0 Å². The first-order valence-corrected chi connectivity index (χ1v) is 7.38. The number of benzene rings is 1. The highest BCUT2D eigenvalue weighted by atomic mass is 16.5. The Bertz CT molecular complexity index is 575. The summed E-state index contributed by atoms with van der Waals surface area (Å²) >= 11 is 0. The van der Waals surface area contributed by atoms with Crippen LogP contribution in [0.15, 0.2) is 28.8 Å². The third kappa shape index (κ3) is 2.84. The van der Waals surface area contributed by atoms with E-state index in [2.05, 4.69) is 28.4 Å². The molecule has 0 saturated heterocycles. The molecule has 4 nitrogen and oxygen atoms in total. The van der Waals surface area contributed by atoms with Gasteiger partial charge >= 0.3 is 0 Å². The first-order chi connectivity index (χ1) is 9.72. The molecule has 1 aromatic carbocycles. The third-order valence-electron chi connectivity index (χ3n) is 4.00. The summed E-state index contributed by atoms with van der Waals surface area (Å²) in [4.78, 5) is 4.32. The van der Waals surface area contributed by atoms with Gasteiger partial charge in [-0.2, -0.15) is 4.98 Å². The molecule has 3 rings (SSSR count). The molecule has 0 spiro atoms. The van der Waals surface area contributed by atoms with Crippen molar-refractivity contribution < 1.29 is 4.52 Å². The van der Waals surface area contributed by atoms with E-state index in [0.717, 1.165) is 17.2 Å². The number of aryl methyl sites for hydroxylation is 1. The molecule has 1 N–H and O–H groups in total. The molecule has 0 bridgehead atoms. The van der Waals surface area contributed by atoms with Crippen molar-refractivity contribution in [3.8, 4) is 11.5 Å². The topological polar surface area (TPSA) is 51.0 Å². The Kier molecular flexibility index (Phi) is 3.72. The molecule has 106 valence electrons. The van der Waals surface area contributed by atoms with Gasteiger partial charge in [-0.3, -0.25) is 0 Å². The molecule has 1 aromatic heterocycles. The van der Waals surface area contributed by atoms with Gasteiger partial charge in [-0.05, 0) is 38.3 Å². The summed E-state index contributed by atoms with van der Waals surface area (Å²) in [5, 5.41) is 7.46. The normalized spacial score (nSPS) is 16.7. The number of nitrogens with one attached hydrogen (secondary N) is 1. The summed E-state index contributed by atoms with van der Waals surface area (Å²) in [6.07, 6.45) is 5.40. The highest BCUT2D eigenvalue weighted by Crippen LogP contribution is 2.32. The van der Waals surface area contributed by atoms with Crippen molar-refractivity contribution in [3.63, 3.8) is 0 Å². The van der Waals surface area contributed by atoms with Gasteiger partial charge < -0.3 is 9.84 Å². The number of aromatic nitrogens is 2. The molecule has 0 radical (unpaired) electrons. The molecule has 1 aliphatic rings. The lowest BCUT2D eigenvalue weighted by Gasteiger charge is -2.29. The highest BCUT2D eigenvalue weighted by molar-refractivity contribution is 5.72. The van der Waals surface area contributed by atoms with Gasteiger partial charge in [-0.25, -0.2) is 0 Å². The van der Waals surface area contributed by atoms with Crippen molar-refractivity contribution in [2.45, 2.75) is 45.6 Å². The van der Waals surface area contributed by atoms with Crippen LogP contribution in [0, 0.1) is 12.8 Å². The van der Waals surface area contributed by atoms with E-state index in [1.165, 1.54) is 25.7 Å². The zero-order chi connectivity index (χ0) is 13.9. The molecule has 2 aromatic rings. The van der Waals surface area contributed by atoms with E-state index < -0.39 is 0 Å². The molecule has 1 saturated carbocycles.